The molecule has 0 atom stereocenters. The number of benzene rings is 3. The van der Waals surface area contributed by atoms with Crippen molar-refractivity contribution in [3.63, 3.8) is 0 Å². The maximum absolute atomic E-state index is 13.4. The van der Waals surface area contributed by atoms with E-state index in [-0.39, 0.29) is 11.6 Å². The molecule has 0 unspecified atom stereocenters. The van der Waals surface area contributed by atoms with E-state index in [1.807, 2.05) is 66.7 Å². The Morgan fingerprint density at radius 2 is 1.86 bits per heavy atom. The Balaban J connectivity index is 1.14. The van der Waals surface area contributed by atoms with E-state index >= 15 is 0 Å². The minimum absolute atomic E-state index is 0.0787. The van der Waals surface area contributed by atoms with Crippen LogP contribution in [0, 0.1) is 0 Å². The molecule has 0 fully saturated rings. The van der Waals surface area contributed by atoms with Crippen molar-refractivity contribution in [2.75, 3.05) is 23.4 Å². The van der Waals surface area contributed by atoms with Gasteiger partial charge in [0.1, 0.15) is 5.75 Å². The highest BCUT2D eigenvalue weighted by molar-refractivity contribution is 7.22. The van der Waals surface area contributed by atoms with E-state index in [9.17, 15) is 14.7 Å². The molecule has 3 aromatic carbocycles. The van der Waals surface area contributed by atoms with Crippen molar-refractivity contribution in [2.45, 2.75) is 32.4 Å². The molecule has 1 aliphatic heterocycles. The van der Waals surface area contributed by atoms with E-state index in [4.69, 9.17) is 10.5 Å². The molecular formula is C31H29N5O4S2. The lowest BCUT2D eigenvalue weighted by Crippen LogP contribution is -2.32. The average molecular weight is 600 g/mol. The lowest BCUT2D eigenvalue weighted by molar-refractivity contribution is 0.0690. The van der Waals surface area contributed by atoms with Gasteiger partial charge in [-0.1, -0.05) is 47.7 Å². The molecule has 0 radical (unpaired) electrons. The number of hydrogen-bond donors (Lipinski definition) is 3. The number of ether oxygens (including phenoxy) is 1. The highest BCUT2D eigenvalue weighted by atomic mass is 32.1. The number of fused-ring (bicyclic) bond motifs is 2. The van der Waals surface area contributed by atoms with Crippen LogP contribution >= 0.6 is 22.7 Å². The Bertz CT molecular complexity index is 1720. The number of hydrogen-bond acceptors (Lipinski definition) is 9. The van der Waals surface area contributed by atoms with Crippen LogP contribution in [-0.2, 0) is 25.9 Å². The number of nitrogens with one attached hydrogen (secondary N) is 1. The van der Waals surface area contributed by atoms with Gasteiger partial charge in [0.25, 0.3) is 5.91 Å². The topological polar surface area (TPSA) is 131 Å². The summed E-state index contributed by atoms with van der Waals surface area (Å²) in [5.74, 6) is -0.499. The summed E-state index contributed by atoms with van der Waals surface area (Å²) >= 11 is 2.83. The summed E-state index contributed by atoms with van der Waals surface area (Å²) in [4.78, 5) is 37.2. The van der Waals surface area contributed by atoms with Gasteiger partial charge in [-0.25, -0.2) is 14.8 Å². The van der Waals surface area contributed by atoms with Crippen LogP contribution in [-0.4, -0.2) is 40.1 Å². The van der Waals surface area contributed by atoms with E-state index in [2.05, 4.69) is 20.2 Å². The first-order chi connectivity index (χ1) is 20.5. The number of thiazole rings is 2. The summed E-state index contributed by atoms with van der Waals surface area (Å²) in [6, 6.07) is 21.2. The molecule has 4 N–H and O–H groups in total. The smallest absolute Gasteiger partial charge is 0.355 e. The number of carbonyl (C=O) groups is 2. The number of para-hydroxylation sites is 1. The fourth-order valence-corrected chi connectivity index (χ4v) is 6.98. The normalized spacial score (nSPS) is 12.7. The van der Waals surface area contributed by atoms with Crippen molar-refractivity contribution in [3.8, 4) is 5.75 Å². The maximum Gasteiger partial charge on any atom is 0.355 e. The van der Waals surface area contributed by atoms with Crippen LogP contribution in [0.1, 0.15) is 48.8 Å². The molecule has 0 saturated heterocycles. The van der Waals surface area contributed by atoms with Crippen LogP contribution in [0.3, 0.4) is 0 Å². The number of aromatic carboxylic acids is 1. The van der Waals surface area contributed by atoms with Gasteiger partial charge in [-0.05, 0) is 66.3 Å². The maximum atomic E-state index is 13.4. The number of amides is 1. The molecule has 0 saturated carbocycles. The Morgan fingerprint density at radius 3 is 2.64 bits per heavy atom. The zero-order valence-electron chi connectivity index (χ0n) is 22.7. The fourth-order valence-electron chi connectivity index (χ4n) is 5.00. The quantitative estimate of drug-likeness (QED) is 0.173. The zero-order chi connectivity index (χ0) is 29.1. The van der Waals surface area contributed by atoms with Crippen LogP contribution in [0.2, 0.25) is 0 Å². The lowest BCUT2D eigenvalue weighted by Gasteiger charge is -2.29. The van der Waals surface area contributed by atoms with Gasteiger partial charge in [-0.3, -0.25) is 10.1 Å². The van der Waals surface area contributed by atoms with Crippen LogP contribution < -0.4 is 20.7 Å². The van der Waals surface area contributed by atoms with Crippen molar-refractivity contribution in [1.82, 2.24) is 9.97 Å². The van der Waals surface area contributed by atoms with Gasteiger partial charge in [0.15, 0.2) is 16.0 Å². The first-order valence-electron chi connectivity index (χ1n) is 13.7. The fraction of sp³-hybridized carbons (Fsp3) is 0.226. The third kappa shape index (κ3) is 5.98. The largest absolute Gasteiger partial charge is 0.494 e. The number of anilines is 2. The van der Waals surface area contributed by atoms with Crippen molar-refractivity contribution in [2.24, 2.45) is 5.73 Å². The van der Waals surface area contributed by atoms with Crippen LogP contribution in [0.4, 0.5) is 10.3 Å². The summed E-state index contributed by atoms with van der Waals surface area (Å²) in [7, 11) is 0. The van der Waals surface area contributed by atoms with Crippen LogP contribution in [0.5, 0.6) is 5.75 Å². The lowest BCUT2D eigenvalue weighted by atomic mass is 9.94. The number of aromatic nitrogens is 2. The molecule has 9 nitrogen and oxygen atoms in total. The third-order valence-electron chi connectivity index (χ3n) is 7.17. The van der Waals surface area contributed by atoms with E-state index in [0.717, 1.165) is 39.1 Å². The molecule has 0 aliphatic carbocycles. The second-order valence-electron chi connectivity index (χ2n) is 9.93. The monoisotopic (exact) mass is 599 g/mol. The Hall–Kier alpha value is -4.32. The van der Waals surface area contributed by atoms with Gasteiger partial charge < -0.3 is 20.5 Å². The van der Waals surface area contributed by atoms with Crippen molar-refractivity contribution in [3.05, 3.63) is 99.6 Å². The van der Waals surface area contributed by atoms with Gasteiger partial charge in [-0.15, -0.1) is 11.3 Å². The first-order valence-corrected chi connectivity index (χ1v) is 15.3. The highest BCUT2D eigenvalue weighted by Gasteiger charge is 2.26. The molecule has 0 bridgehead atoms. The molecule has 0 spiro atoms. The van der Waals surface area contributed by atoms with Crippen molar-refractivity contribution < 1.29 is 19.4 Å². The number of aryl methyl sites for hydroxylation is 1. The van der Waals surface area contributed by atoms with Gasteiger partial charge in [0.05, 0.1) is 16.8 Å². The molecule has 5 aromatic rings. The number of rotatable bonds is 10. The van der Waals surface area contributed by atoms with Gasteiger partial charge in [-0.2, -0.15) is 0 Å². The van der Waals surface area contributed by atoms with Gasteiger partial charge in [0.2, 0.25) is 0 Å². The standard InChI is InChI=1S/C31H29N5O4S2/c32-17-19-10-12-21(13-11-19)40-16-4-9-26-27(29(38)39)34-31(42-26)36-15-14-20-5-3-6-22(23(20)18-36)28(37)35-30-33-24-7-1-2-8-25(24)41-30/h1-3,5-8,10-13H,4,9,14-18,32H2,(H,38,39)(H,33,35,37). The summed E-state index contributed by atoms with van der Waals surface area (Å²) < 4.78 is 6.84. The molecule has 11 heteroatoms. The molecular weight excluding hydrogens is 571 g/mol. The summed E-state index contributed by atoms with van der Waals surface area (Å²) in [6.45, 7) is 2.09. The Morgan fingerprint density at radius 1 is 1.02 bits per heavy atom. The van der Waals surface area contributed by atoms with Gasteiger partial charge >= 0.3 is 5.97 Å². The predicted octanol–water partition coefficient (Wildman–Crippen LogP) is 5.74. The molecule has 1 aliphatic rings. The minimum Gasteiger partial charge on any atom is -0.494 e. The molecule has 2 aromatic heterocycles. The predicted molar refractivity (Wildman–Crippen MR) is 166 cm³/mol. The molecule has 1 amide bonds. The molecule has 6 rings (SSSR count). The van der Waals surface area contributed by atoms with Crippen molar-refractivity contribution >= 4 is 55.0 Å². The Labute approximate surface area is 250 Å². The zero-order valence-corrected chi connectivity index (χ0v) is 24.3. The highest BCUT2D eigenvalue weighted by Crippen LogP contribution is 2.33. The second-order valence-corrected chi connectivity index (χ2v) is 12.0. The molecule has 42 heavy (non-hydrogen) atoms. The number of nitrogens with two attached hydrogens (primary N) is 1. The number of carbonyl (C=O) groups excluding carboxylic acids is 1. The molecule has 214 valence electrons. The third-order valence-corrected chi connectivity index (χ3v) is 9.29. The number of carboxylic acids is 1. The SMILES string of the molecule is NCc1ccc(OCCCc2sc(N3CCc4cccc(C(=O)Nc5nc6ccccc6s5)c4C3)nc2C(=O)O)cc1. The van der Waals surface area contributed by atoms with E-state index < -0.39 is 5.97 Å². The van der Waals surface area contributed by atoms with E-state index in [0.29, 0.717) is 59.8 Å². The van der Waals surface area contributed by atoms with Crippen molar-refractivity contribution in [1.29, 1.82) is 0 Å². The average Bonchev–Trinajstić information content (AvgIpc) is 3.63. The Kier molecular flexibility index (Phi) is 8.13. The van der Waals surface area contributed by atoms with Crippen LogP contribution in [0.15, 0.2) is 66.7 Å². The minimum atomic E-state index is -1.04. The van der Waals surface area contributed by atoms with Gasteiger partial charge in [0, 0.05) is 30.1 Å². The van der Waals surface area contributed by atoms with E-state index in [1.165, 1.54) is 22.7 Å². The summed E-state index contributed by atoms with van der Waals surface area (Å²) in [5, 5.41) is 14.0. The molecule has 3 heterocycles. The van der Waals surface area contributed by atoms with Crippen LogP contribution in [0.25, 0.3) is 10.2 Å². The number of nitrogens with zero attached hydrogens (tertiary/aromatic N) is 3. The number of carboxylic acid groups (broad SMARTS) is 1. The summed E-state index contributed by atoms with van der Waals surface area (Å²) in [5.41, 5.74) is 10.2. The second kappa shape index (κ2) is 12.3. The summed E-state index contributed by atoms with van der Waals surface area (Å²) in [6.07, 6.45) is 1.92. The first kappa shape index (κ1) is 27.8. The van der Waals surface area contributed by atoms with E-state index in [1.54, 1.807) is 0 Å².